The van der Waals surface area contributed by atoms with Crippen molar-refractivity contribution >= 4 is 15.8 Å². The lowest BCUT2D eigenvalue weighted by Gasteiger charge is -2.13. The molecule has 0 fully saturated rings. The minimum Gasteiger partial charge on any atom is -0.457 e. The molecule has 0 aliphatic rings. The largest absolute Gasteiger partial charge is 0.457 e. The van der Waals surface area contributed by atoms with E-state index in [1.807, 2.05) is 62.4 Å². The SMILES string of the molecule is CCNC(=NCc1ccc(C)cc1Oc1ccccc1)NCCS(C)(=O)=O. The normalized spacial score (nSPS) is 11.9. The second-order valence-electron chi connectivity index (χ2n) is 6.28. The zero-order chi connectivity index (χ0) is 19.7. The van der Waals surface area contributed by atoms with Crippen LogP contribution in [0.5, 0.6) is 11.5 Å². The Labute approximate surface area is 161 Å². The van der Waals surface area contributed by atoms with E-state index in [2.05, 4.69) is 15.6 Å². The molecule has 0 aliphatic carbocycles. The van der Waals surface area contributed by atoms with Gasteiger partial charge in [0.15, 0.2) is 5.96 Å². The van der Waals surface area contributed by atoms with Gasteiger partial charge in [-0.2, -0.15) is 0 Å². The number of aliphatic imine (C=N–C) groups is 1. The number of hydrogen-bond donors (Lipinski definition) is 2. The van der Waals surface area contributed by atoms with Crippen LogP contribution in [0.15, 0.2) is 53.5 Å². The second kappa shape index (κ2) is 9.97. The number of aryl methyl sites for hydroxylation is 1. The van der Waals surface area contributed by atoms with Gasteiger partial charge in [0.2, 0.25) is 0 Å². The van der Waals surface area contributed by atoms with E-state index in [9.17, 15) is 8.42 Å². The number of nitrogens with one attached hydrogen (secondary N) is 2. The zero-order valence-electron chi connectivity index (χ0n) is 16.0. The van der Waals surface area contributed by atoms with Crippen molar-refractivity contribution in [2.75, 3.05) is 25.1 Å². The summed E-state index contributed by atoms with van der Waals surface area (Å²) in [4.78, 5) is 4.55. The topological polar surface area (TPSA) is 79.8 Å². The number of rotatable bonds is 8. The standard InChI is InChI=1S/C20H27N3O3S/c1-4-21-20(22-12-13-27(3,24)25)23-15-17-11-10-16(2)14-19(17)26-18-8-6-5-7-9-18/h5-11,14H,4,12-13,15H2,1-3H3,(H2,21,22,23). The number of ether oxygens (including phenoxy) is 1. The summed E-state index contributed by atoms with van der Waals surface area (Å²) in [5, 5.41) is 6.17. The molecule has 0 heterocycles. The van der Waals surface area contributed by atoms with Gasteiger partial charge in [-0.25, -0.2) is 13.4 Å². The van der Waals surface area contributed by atoms with Gasteiger partial charge >= 0.3 is 0 Å². The van der Waals surface area contributed by atoms with E-state index < -0.39 is 9.84 Å². The number of sulfone groups is 1. The van der Waals surface area contributed by atoms with E-state index >= 15 is 0 Å². The lowest BCUT2D eigenvalue weighted by Crippen LogP contribution is -2.39. The lowest BCUT2D eigenvalue weighted by atomic mass is 10.1. The fourth-order valence-electron chi connectivity index (χ4n) is 2.36. The third-order valence-corrected chi connectivity index (χ3v) is 4.66. The highest BCUT2D eigenvalue weighted by atomic mass is 32.2. The highest BCUT2D eigenvalue weighted by Gasteiger charge is 2.07. The summed E-state index contributed by atoms with van der Waals surface area (Å²) in [5.41, 5.74) is 2.05. The Balaban J connectivity index is 2.12. The number of hydrogen-bond acceptors (Lipinski definition) is 4. The van der Waals surface area contributed by atoms with Crippen LogP contribution in [0, 0.1) is 6.92 Å². The molecule has 2 aromatic carbocycles. The second-order valence-corrected chi connectivity index (χ2v) is 8.54. The predicted octanol–water partition coefficient (Wildman–Crippen LogP) is 2.89. The highest BCUT2D eigenvalue weighted by Crippen LogP contribution is 2.27. The Morgan fingerprint density at radius 2 is 1.85 bits per heavy atom. The third-order valence-electron chi connectivity index (χ3n) is 3.71. The molecular weight excluding hydrogens is 362 g/mol. The molecule has 0 radical (unpaired) electrons. The van der Waals surface area contributed by atoms with Crippen molar-refractivity contribution in [3.05, 3.63) is 59.7 Å². The van der Waals surface area contributed by atoms with Crippen molar-refractivity contribution < 1.29 is 13.2 Å². The number of guanidine groups is 1. The number of nitrogens with zero attached hydrogens (tertiary/aromatic N) is 1. The van der Waals surface area contributed by atoms with Crippen LogP contribution >= 0.6 is 0 Å². The Kier molecular flexibility index (Phi) is 7.67. The monoisotopic (exact) mass is 389 g/mol. The zero-order valence-corrected chi connectivity index (χ0v) is 16.8. The van der Waals surface area contributed by atoms with Crippen molar-refractivity contribution in [2.45, 2.75) is 20.4 Å². The fourth-order valence-corrected chi connectivity index (χ4v) is 2.84. The van der Waals surface area contributed by atoms with Gasteiger partial charge in [-0.3, -0.25) is 0 Å². The van der Waals surface area contributed by atoms with Crippen LogP contribution in [0.2, 0.25) is 0 Å². The van der Waals surface area contributed by atoms with Crippen molar-refractivity contribution in [3.63, 3.8) is 0 Å². The van der Waals surface area contributed by atoms with E-state index in [1.54, 1.807) is 0 Å². The van der Waals surface area contributed by atoms with E-state index in [4.69, 9.17) is 4.74 Å². The molecule has 0 bridgehead atoms. The maximum atomic E-state index is 11.3. The molecule has 0 saturated heterocycles. The highest BCUT2D eigenvalue weighted by molar-refractivity contribution is 7.90. The number of para-hydroxylation sites is 1. The summed E-state index contributed by atoms with van der Waals surface area (Å²) < 4.78 is 28.6. The van der Waals surface area contributed by atoms with Crippen LogP contribution in [-0.2, 0) is 16.4 Å². The Morgan fingerprint density at radius 3 is 2.52 bits per heavy atom. The molecule has 0 saturated carbocycles. The molecule has 0 amide bonds. The molecule has 0 spiro atoms. The van der Waals surface area contributed by atoms with Crippen molar-refractivity contribution in [3.8, 4) is 11.5 Å². The van der Waals surface area contributed by atoms with Crippen LogP contribution in [-0.4, -0.2) is 39.5 Å². The lowest BCUT2D eigenvalue weighted by molar-refractivity contribution is 0.476. The van der Waals surface area contributed by atoms with Crippen LogP contribution in [0.25, 0.3) is 0 Å². The summed E-state index contributed by atoms with van der Waals surface area (Å²) in [6.07, 6.45) is 1.22. The van der Waals surface area contributed by atoms with Gasteiger partial charge < -0.3 is 15.4 Å². The van der Waals surface area contributed by atoms with Crippen LogP contribution in [0.4, 0.5) is 0 Å². The smallest absolute Gasteiger partial charge is 0.191 e. The average molecular weight is 390 g/mol. The Hall–Kier alpha value is -2.54. The van der Waals surface area contributed by atoms with E-state index in [-0.39, 0.29) is 5.75 Å². The van der Waals surface area contributed by atoms with Gasteiger partial charge in [-0.05, 0) is 37.6 Å². The van der Waals surface area contributed by atoms with Gasteiger partial charge in [0.1, 0.15) is 21.3 Å². The molecule has 6 nitrogen and oxygen atoms in total. The summed E-state index contributed by atoms with van der Waals surface area (Å²) in [6.45, 7) is 5.39. The number of benzene rings is 2. The van der Waals surface area contributed by atoms with Crippen LogP contribution in [0.1, 0.15) is 18.1 Å². The van der Waals surface area contributed by atoms with Crippen molar-refractivity contribution in [1.29, 1.82) is 0 Å². The molecule has 2 rings (SSSR count). The van der Waals surface area contributed by atoms with Crippen LogP contribution in [0.3, 0.4) is 0 Å². The quantitative estimate of drug-likeness (QED) is 0.536. The molecule has 0 aliphatic heterocycles. The van der Waals surface area contributed by atoms with Crippen molar-refractivity contribution in [1.82, 2.24) is 10.6 Å². The maximum Gasteiger partial charge on any atom is 0.191 e. The molecule has 27 heavy (non-hydrogen) atoms. The molecule has 146 valence electrons. The molecule has 0 unspecified atom stereocenters. The fraction of sp³-hybridized carbons (Fsp3) is 0.350. The predicted molar refractivity (Wildman–Crippen MR) is 110 cm³/mol. The Morgan fingerprint density at radius 1 is 1.11 bits per heavy atom. The first-order chi connectivity index (χ1) is 12.9. The van der Waals surface area contributed by atoms with E-state index in [0.717, 1.165) is 22.6 Å². The van der Waals surface area contributed by atoms with Crippen LogP contribution < -0.4 is 15.4 Å². The van der Waals surface area contributed by atoms with Gasteiger partial charge in [-0.1, -0.05) is 30.3 Å². The first kappa shape index (κ1) is 20.8. The Bertz CT molecular complexity index is 865. The molecular formula is C20H27N3O3S. The van der Waals surface area contributed by atoms with Crippen molar-refractivity contribution in [2.24, 2.45) is 4.99 Å². The van der Waals surface area contributed by atoms with Gasteiger partial charge in [0.05, 0.1) is 12.3 Å². The summed E-state index contributed by atoms with van der Waals surface area (Å²) in [6, 6.07) is 15.6. The molecule has 2 N–H and O–H groups in total. The minimum atomic E-state index is -3.01. The minimum absolute atomic E-state index is 0.0598. The first-order valence-electron chi connectivity index (χ1n) is 8.89. The third kappa shape index (κ3) is 7.70. The van der Waals surface area contributed by atoms with E-state index in [1.165, 1.54) is 6.26 Å². The molecule has 2 aromatic rings. The average Bonchev–Trinajstić information content (AvgIpc) is 2.61. The van der Waals surface area contributed by atoms with Gasteiger partial charge in [0, 0.05) is 24.9 Å². The summed E-state index contributed by atoms with van der Waals surface area (Å²) in [7, 11) is -3.01. The van der Waals surface area contributed by atoms with Gasteiger partial charge in [-0.15, -0.1) is 0 Å². The first-order valence-corrected chi connectivity index (χ1v) is 11.0. The van der Waals surface area contributed by atoms with E-state index in [0.29, 0.717) is 25.6 Å². The summed E-state index contributed by atoms with van der Waals surface area (Å²) >= 11 is 0. The molecule has 0 aromatic heterocycles. The molecule has 7 heteroatoms. The maximum absolute atomic E-state index is 11.3. The van der Waals surface area contributed by atoms with Gasteiger partial charge in [0.25, 0.3) is 0 Å². The molecule has 0 atom stereocenters. The summed E-state index contributed by atoms with van der Waals surface area (Å²) in [5.74, 6) is 2.17.